The molecule has 144 valence electrons. The quantitative estimate of drug-likeness (QED) is 0.739. The molecule has 7 nitrogen and oxygen atoms in total. The third-order valence-corrected chi connectivity index (χ3v) is 4.97. The average Bonchev–Trinajstić information content (AvgIpc) is 2.65. The highest BCUT2D eigenvalue weighted by atomic mass is 16.5. The number of amides is 2. The third-order valence-electron chi connectivity index (χ3n) is 4.97. The van der Waals surface area contributed by atoms with Crippen LogP contribution in [0, 0.1) is 11.8 Å². The maximum atomic E-state index is 12.3. The Morgan fingerprint density at radius 2 is 1.69 bits per heavy atom. The maximum Gasteiger partial charge on any atom is 0.224 e. The van der Waals surface area contributed by atoms with Gasteiger partial charge in [-0.15, -0.1) is 0 Å². The molecule has 1 aliphatic carbocycles. The van der Waals surface area contributed by atoms with Crippen LogP contribution in [0.5, 0.6) is 17.2 Å². The van der Waals surface area contributed by atoms with E-state index in [1.54, 1.807) is 12.1 Å². The molecule has 0 heterocycles. The number of rotatable bonds is 8. The van der Waals surface area contributed by atoms with Gasteiger partial charge in [-0.2, -0.15) is 0 Å². The van der Waals surface area contributed by atoms with Crippen LogP contribution in [0.3, 0.4) is 0 Å². The van der Waals surface area contributed by atoms with Gasteiger partial charge < -0.3 is 25.3 Å². The Morgan fingerprint density at radius 3 is 2.23 bits per heavy atom. The molecule has 3 N–H and O–H groups in total. The Labute approximate surface area is 154 Å². The number of anilines is 1. The van der Waals surface area contributed by atoms with E-state index in [1.807, 2.05) is 0 Å². The van der Waals surface area contributed by atoms with Gasteiger partial charge in [-0.25, -0.2) is 0 Å². The molecular formula is C19H28N2O5. The monoisotopic (exact) mass is 364 g/mol. The lowest BCUT2D eigenvalue weighted by molar-refractivity contribution is -0.125. The number of methoxy groups -OCH3 is 3. The lowest BCUT2D eigenvalue weighted by atomic mass is 9.76. The number of ether oxygens (including phenoxy) is 3. The second-order valence-electron chi connectivity index (χ2n) is 6.55. The average molecular weight is 364 g/mol. The predicted octanol–water partition coefficient (Wildman–Crippen LogP) is 2.72. The molecule has 0 saturated heterocycles. The third kappa shape index (κ3) is 4.80. The molecule has 1 aliphatic rings. The number of benzene rings is 1. The van der Waals surface area contributed by atoms with Crippen molar-refractivity contribution in [3.8, 4) is 17.2 Å². The van der Waals surface area contributed by atoms with Crippen molar-refractivity contribution in [2.24, 2.45) is 17.6 Å². The van der Waals surface area contributed by atoms with Gasteiger partial charge in [0.25, 0.3) is 0 Å². The predicted molar refractivity (Wildman–Crippen MR) is 98.6 cm³/mol. The van der Waals surface area contributed by atoms with Gasteiger partial charge in [-0.3, -0.25) is 9.59 Å². The molecule has 1 saturated carbocycles. The van der Waals surface area contributed by atoms with Gasteiger partial charge in [0, 0.05) is 30.2 Å². The van der Waals surface area contributed by atoms with Crippen molar-refractivity contribution in [3.05, 3.63) is 12.1 Å². The molecule has 0 unspecified atom stereocenters. The van der Waals surface area contributed by atoms with Crippen molar-refractivity contribution in [3.63, 3.8) is 0 Å². The van der Waals surface area contributed by atoms with E-state index in [0.29, 0.717) is 35.8 Å². The minimum atomic E-state index is -0.250. The van der Waals surface area contributed by atoms with Crippen LogP contribution >= 0.6 is 0 Å². The van der Waals surface area contributed by atoms with Gasteiger partial charge in [-0.05, 0) is 25.2 Å². The second kappa shape index (κ2) is 9.31. The van der Waals surface area contributed by atoms with Gasteiger partial charge in [0.05, 0.1) is 21.3 Å². The SMILES string of the molecule is COc1cc(NC(=O)CC[C@@H]2CCCC[C@H]2C(N)=O)cc(OC)c1OC. The largest absolute Gasteiger partial charge is 0.493 e. The number of hydrogen-bond acceptors (Lipinski definition) is 5. The van der Waals surface area contributed by atoms with E-state index in [4.69, 9.17) is 19.9 Å². The zero-order chi connectivity index (χ0) is 19.1. The molecular weight excluding hydrogens is 336 g/mol. The van der Waals surface area contributed by atoms with E-state index in [1.165, 1.54) is 21.3 Å². The molecule has 7 heteroatoms. The summed E-state index contributed by atoms with van der Waals surface area (Å²) in [6.07, 6.45) is 4.89. The number of nitrogens with one attached hydrogen (secondary N) is 1. The minimum absolute atomic E-state index is 0.113. The van der Waals surface area contributed by atoms with E-state index in [-0.39, 0.29) is 23.7 Å². The van der Waals surface area contributed by atoms with Crippen LogP contribution < -0.4 is 25.3 Å². The lowest BCUT2D eigenvalue weighted by Crippen LogP contribution is -2.33. The number of primary amides is 1. The highest BCUT2D eigenvalue weighted by Crippen LogP contribution is 2.40. The molecule has 0 bridgehead atoms. The fraction of sp³-hybridized carbons (Fsp3) is 0.579. The molecule has 0 aromatic heterocycles. The highest BCUT2D eigenvalue weighted by Gasteiger charge is 2.29. The molecule has 0 aliphatic heterocycles. The molecule has 2 rings (SSSR count). The van der Waals surface area contributed by atoms with Crippen LogP contribution in [0.1, 0.15) is 38.5 Å². The normalized spacial score (nSPS) is 19.5. The molecule has 2 amide bonds. The lowest BCUT2D eigenvalue weighted by Gasteiger charge is -2.29. The van der Waals surface area contributed by atoms with Gasteiger partial charge in [0.1, 0.15) is 0 Å². The summed E-state index contributed by atoms with van der Waals surface area (Å²) in [4.78, 5) is 23.9. The standard InChI is InChI=1S/C19H28N2O5/c1-24-15-10-13(11-16(25-2)18(15)26-3)21-17(22)9-8-12-6-4-5-7-14(12)19(20)23/h10-12,14H,4-9H2,1-3H3,(H2,20,23)(H,21,22)/t12-,14+/m0/s1. The van der Waals surface area contributed by atoms with Crippen LogP contribution in [-0.2, 0) is 9.59 Å². The summed E-state index contributed by atoms with van der Waals surface area (Å²) in [7, 11) is 4.57. The Bertz CT molecular complexity index is 622. The summed E-state index contributed by atoms with van der Waals surface area (Å²) < 4.78 is 15.9. The Morgan fingerprint density at radius 1 is 1.08 bits per heavy atom. The summed E-state index contributed by atoms with van der Waals surface area (Å²) in [5.41, 5.74) is 6.07. The van der Waals surface area contributed by atoms with Crippen molar-refractivity contribution in [1.82, 2.24) is 0 Å². The first-order chi connectivity index (χ1) is 12.5. The first-order valence-corrected chi connectivity index (χ1v) is 8.89. The van der Waals surface area contributed by atoms with E-state index in [9.17, 15) is 9.59 Å². The van der Waals surface area contributed by atoms with Gasteiger partial charge in [-0.1, -0.05) is 12.8 Å². The van der Waals surface area contributed by atoms with E-state index >= 15 is 0 Å². The highest BCUT2D eigenvalue weighted by molar-refractivity contribution is 5.91. The number of carbonyl (C=O) groups is 2. The first-order valence-electron chi connectivity index (χ1n) is 8.89. The van der Waals surface area contributed by atoms with E-state index < -0.39 is 0 Å². The molecule has 1 aromatic rings. The molecule has 2 atom stereocenters. The maximum absolute atomic E-state index is 12.3. The molecule has 1 fully saturated rings. The second-order valence-corrected chi connectivity index (χ2v) is 6.55. The summed E-state index contributed by atoms with van der Waals surface area (Å²) in [6.45, 7) is 0. The van der Waals surface area contributed by atoms with Crippen LogP contribution in [0.4, 0.5) is 5.69 Å². The zero-order valence-corrected chi connectivity index (χ0v) is 15.7. The number of carbonyl (C=O) groups excluding carboxylic acids is 2. The number of nitrogens with two attached hydrogens (primary N) is 1. The molecule has 0 spiro atoms. The fourth-order valence-corrected chi connectivity index (χ4v) is 3.62. The van der Waals surface area contributed by atoms with Gasteiger partial charge in [0.2, 0.25) is 17.6 Å². The number of hydrogen-bond donors (Lipinski definition) is 2. The van der Waals surface area contributed by atoms with Crippen molar-refractivity contribution in [1.29, 1.82) is 0 Å². The molecule has 0 radical (unpaired) electrons. The summed E-state index contributed by atoms with van der Waals surface area (Å²) in [5, 5.41) is 2.86. The minimum Gasteiger partial charge on any atom is -0.493 e. The fourth-order valence-electron chi connectivity index (χ4n) is 3.62. The van der Waals surface area contributed by atoms with Crippen LogP contribution in [0.15, 0.2) is 12.1 Å². The van der Waals surface area contributed by atoms with Crippen molar-refractivity contribution >= 4 is 17.5 Å². The summed E-state index contributed by atoms with van der Waals surface area (Å²) >= 11 is 0. The van der Waals surface area contributed by atoms with E-state index in [0.717, 1.165) is 25.7 Å². The van der Waals surface area contributed by atoms with Crippen LogP contribution in [-0.4, -0.2) is 33.1 Å². The van der Waals surface area contributed by atoms with Crippen LogP contribution in [0.25, 0.3) is 0 Å². The Kier molecular flexibility index (Phi) is 7.12. The van der Waals surface area contributed by atoms with Crippen molar-refractivity contribution in [2.75, 3.05) is 26.6 Å². The zero-order valence-electron chi connectivity index (χ0n) is 15.7. The smallest absolute Gasteiger partial charge is 0.224 e. The van der Waals surface area contributed by atoms with Crippen molar-refractivity contribution in [2.45, 2.75) is 38.5 Å². The Balaban J connectivity index is 2.00. The first kappa shape index (κ1) is 19.9. The summed E-state index contributed by atoms with van der Waals surface area (Å²) in [6, 6.07) is 3.37. The van der Waals surface area contributed by atoms with Gasteiger partial charge >= 0.3 is 0 Å². The van der Waals surface area contributed by atoms with Gasteiger partial charge in [0.15, 0.2) is 11.5 Å². The van der Waals surface area contributed by atoms with E-state index in [2.05, 4.69) is 5.32 Å². The Hall–Kier alpha value is -2.44. The van der Waals surface area contributed by atoms with Crippen LogP contribution in [0.2, 0.25) is 0 Å². The molecule has 1 aromatic carbocycles. The van der Waals surface area contributed by atoms with Crippen molar-refractivity contribution < 1.29 is 23.8 Å². The molecule has 26 heavy (non-hydrogen) atoms. The summed E-state index contributed by atoms with van der Waals surface area (Å²) in [5.74, 6) is 1.13. The topological polar surface area (TPSA) is 99.9 Å².